The molecule has 304 valence electrons. The second-order valence-corrected chi connectivity index (χ2v) is 17.1. The molecule has 1 aromatic heterocycles. The van der Waals surface area contributed by atoms with E-state index in [1.165, 1.54) is 54.9 Å². The van der Waals surface area contributed by atoms with Crippen LogP contribution in [-0.4, -0.2) is 0 Å². The molecule has 0 atom stereocenters. The largest absolute Gasteiger partial charge is 0.453 e. The number of benzene rings is 11. The van der Waals surface area contributed by atoms with Crippen molar-refractivity contribution in [1.29, 1.82) is 0 Å². The Kier molecular flexibility index (Phi) is 8.47. The number of nitrogens with zero attached hydrogens (tertiary/aromatic N) is 1. The molecule has 0 spiro atoms. The number of rotatable bonds is 7. The number of hydrogen-bond acceptors (Lipinski definition) is 2. The second kappa shape index (κ2) is 14.8. The first-order chi connectivity index (χ1) is 32.3. The van der Waals surface area contributed by atoms with Gasteiger partial charge in [-0.3, -0.25) is 0 Å². The van der Waals surface area contributed by atoms with Crippen molar-refractivity contribution in [2.24, 2.45) is 0 Å². The van der Waals surface area contributed by atoms with E-state index < -0.39 is 5.41 Å². The lowest BCUT2D eigenvalue weighted by Crippen LogP contribution is -2.28. The van der Waals surface area contributed by atoms with Crippen LogP contribution >= 0.6 is 0 Å². The lowest BCUT2D eigenvalue weighted by atomic mass is 9.67. The van der Waals surface area contributed by atoms with E-state index in [-0.39, 0.29) is 0 Å². The quantitative estimate of drug-likeness (QED) is 0.159. The van der Waals surface area contributed by atoms with E-state index in [0.717, 1.165) is 61.3 Å². The molecule has 0 radical (unpaired) electrons. The van der Waals surface area contributed by atoms with Crippen LogP contribution in [0.1, 0.15) is 22.3 Å². The van der Waals surface area contributed by atoms with Gasteiger partial charge in [0.1, 0.15) is 5.58 Å². The Morgan fingerprint density at radius 2 is 0.877 bits per heavy atom. The van der Waals surface area contributed by atoms with Gasteiger partial charge in [0.05, 0.1) is 16.8 Å². The maximum absolute atomic E-state index is 7.48. The highest BCUT2D eigenvalue weighted by molar-refractivity contribution is 6.22. The Morgan fingerprint density at radius 3 is 1.66 bits per heavy atom. The Morgan fingerprint density at radius 1 is 0.323 bits per heavy atom. The highest BCUT2D eigenvalue weighted by Crippen LogP contribution is 2.58. The maximum Gasteiger partial charge on any atom is 0.159 e. The van der Waals surface area contributed by atoms with Gasteiger partial charge >= 0.3 is 0 Å². The predicted octanol–water partition coefficient (Wildman–Crippen LogP) is 17.1. The summed E-state index contributed by atoms with van der Waals surface area (Å²) in [5, 5.41) is 6.91. The van der Waals surface area contributed by atoms with Crippen molar-refractivity contribution < 1.29 is 4.42 Å². The molecule has 1 heterocycles. The number of hydrogen-bond donors (Lipinski definition) is 0. The van der Waals surface area contributed by atoms with Crippen LogP contribution in [0.2, 0.25) is 0 Å². The Balaban J connectivity index is 1.13. The summed E-state index contributed by atoms with van der Waals surface area (Å²) < 4.78 is 7.48. The number of para-hydroxylation sites is 2. The maximum atomic E-state index is 7.48. The Bertz CT molecular complexity index is 3730. The molecule has 0 saturated heterocycles. The minimum absolute atomic E-state index is 0.562. The summed E-state index contributed by atoms with van der Waals surface area (Å²) in [6, 6.07) is 90.6. The molecule has 13 rings (SSSR count). The van der Waals surface area contributed by atoms with Gasteiger partial charge < -0.3 is 9.32 Å². The highest BCUT2D eigenvalue weighted by atomic mass is 16.3. The molecular weight excluding hydrogens is 787 g/mol. The Hall–Kier alpha value is -8.46. The van der Waals surface area contributed by atoms with Crippen molar-refractivity contribution in [3.05, 3.63) is 271 Å². The van der Waals surface area contributed by atoms with Crippen molar-refractivity contribution in [1.82, 2.24) is 0 Å². The molecule has 11 aromatic carbocycles. The van der Waals surface area contributed by atoms with Crippen molar-refractivity contribution in [2.75, 3.05) is 4.90 Å². The summed E-state index contributed by atoms with van der Waals surface area (Å²) in [5.74, 6) is 0. The molecule has 2 heteroatoms. The molecule has 0 unspecified atom stereocenters. The lowest BCUT2D eigenvalue weighted by molar-refractivity contribution is 0.670. The summed E-state index contributed by atoms with van der Waals surface area (Å²) in [6.07, 6.45) is 0. The van der Waals surface area contributed by atoms with E-state index >= 15 is 0 Å². The molecule has 2 nitrogen and oxygen atoms in total. The van der Waals surface area contributed by atoms with Gasteiger partial charge in [0, 0.05) is 27.6 Å². The van der Waals surface area contributed by atoms with Gasteiger partial charge in [0.15, 0.2) is 5.58 Å². The van der Waals surface area contributed by atoms with E-state index in [9.17, 15) is 0 Å². The summed E-state index contributed by atoms with van der Waals surface area (Å²) in [7, 11) is 0. The van der Waals surface area contributed by atoms with Crippen molar-refractivity contribution in [2.45, 2.75) is 5.41 Å². The zero-order valence-electron chi connectivity index (χ0n) is 35.5. The zero-order chi connectivity index (χ0) is 42.9. The number of fused-ring (bicyclic) bond motifs is 8. The van der Waals surface area contributed by atoms with E-state index in [2.05, 4.69) is 254 Å². The first-order valence-electron chi connectivity index (χ1n) is 22.4. The third-order valence-corrected chi connectivity index (χ3v) is 13.7. The van der Waals surface area contributed by atoms with Crippen LogP contribution in [0.4, 0.5) is 17.1 Å². The molecule has 0 bridgehead atoms. The standard InChI is InChI=1S/C63H41NO/c1-4-20-43(21-5-1)49-30-15-17-36-58(49)64(47-38-39-52-51-32-14-16-35-56(51)63(57(52)41-47,45-25-6-2-7-26-45)46-27-8-3-9-28-46)59-37-19-34-54-55-40-44-23-11-13-31-50(44)60(62(55)65-61(54)59)53-33-18-24-42-22-10-12-29-48(42)53/h1-41H. The van der Waals surface area contributed by atoms with E-state index in [0.29, 0.717) is 0 Å². The SMILES string of the molecule is c1ccc(-c2ccccc2N(c2ccc3c(c2)C(c2ccccc2)(c2ccccc2)c2ccccc2-3)c2cccc3c2oc2c(-c4cccc5ccccc45)c4ccccc4cc23)cc1. The summed E-state index contributed by atoms with van der Waals surface area (Å²) in [5.41, 5.74) is 16.3. The normalized spacial score (nSPS) is 12.7. The molecular formula is C63H41NO. The summed E-state index contributed by atoms with van der Waals surface area (Å²) in [4.78, 5) is 2.44. The minimum atomic E-state index is -0.562. The third-order valence-electron chi connectivity index (χ3n) is 13.7. The van der Waals surface area contributed by atoms with Crippen LogP contribution < -0.4 is 4.90 Å². The minimum Gasteiger partial charge on any atom is -0.453 e. The van der Waals surface area contributed by atoms with Gasteiger partial charge in [-0.15, -0.1) is 0 Å². The Labute approximate surface area is 377 Å². The van der Waals surface area contributed by atoms with Crippen molar-refractivity contribution >= 4 is 60.5 Å². The van der Waals surface area contributed by atoms with E-state index in [4.69, 9.17) is 4.42 Å². The fourth-order valence-electron chi connectivity index (χ4n) is 11.0. The second-order valence-electron chi connectivity index (χ2n) is 17.1. The van der Waals surface area contributed by atoms with Crippen LogP contribution in [-0.2, 0) is 5.41 Å². The van der Waals surface area contributed by atoms with Gasteiger partial charge in [0.2, 0.25) is 0 Å². The highest BCUT2D eigenvalue weighted by Gasteiger charge is 2.46. The number of furan rings is 1. The molecule has 1 aliphatic carbocycles. The molecule has 1 aliphatic rings. The molecule has 0 amide bonds. The average molecular weight is 828 g/mol. The molecule has 0 saturated carbocycles. The van der Waals surface area contributed by atoms with E-state index in [1.54, 1.807) is 0 Å². The van der Waals surface area contributed by atoms with Crippen LogP contribution in [0.5, 0.6) is 0 Å². The van der Waals surface area contributed by atoms with Crippen LogP contribution in [0.25, 0.3) is 76.9 Å². The van der Waals surface area contributed by atoms with Gasteiger partial charge in [-0.1, -0.05) is 218 Å². The van der Waals surface area contributed by atoms with Crippen LogP contribution in [0.15, 0.2) is 253 Å². The first-order valence-corrected chi connectivity index (χ1v) is 22.4. The molecule has 0 N–H and O–H groups in total. The van der Waals surface area contributed by atoms with Gasteiger partial charge in [-0.25, -0.2) is 0 Å². The van der Waals surface area contributed by atoms with Gasteiger partial charge in [-0.05, 0) is 96.4 Å². The third kappa shape index (κ3) is 5.60. The van der Waals surface area contributed by atoms with Crippen molar-refractivity contribution in [3.63, 3.8) is 0 Å². The van der Waals surface area contributed by atoms with Gasteiger partial charge in [-0.2, -0.15) is 0 Å². The van der Waals surface area contributed by atoms with Crippen LogP contribution in [0, 0.1) is 0 Å². The van der Waals surface area contributed by atoms with E-state index in [1.807, 2.05) is 0 Å². The number of anilines is 3. The first kappa shape index (κ1) is 37.1. The van der Waals surface area contributed by atoms with Gasteiger partial charge in [0.25, 0.3) is 0 Å². The topological polar surface area (TPSA) is 16.4 Å². The summed E-state index contributed by atoms with van der Waals surface area (Å²) >= 11 is 0. The monoisotopic (exact) mass is 827 g/mol. The molecule has 12 aromatic rings. The van der Waals surface area contributed by atoms with Crippen molar-refractivity contribution in [3.8, 4) is 33.4 Å². The smallest absolute Gasteiger partial charge is 0.159 e. The van der Waals surface area contributed by atoms with Crippen LogP contribution in [0.3, 0.4) is 0 Å². The molecule has 65 heavy (non-hydrogen) atoms. The zero-order valence-corrected chi connectivity index (χ0v) is 35.5. The lowest BCUT2D eigenvalue weighted by Gasteiger charge is -2.35. The predicted molar refractivity (Wildman–Crippen MR) is 272 cm³/mol. The molecule has 0 fully saturated rings. The summed E-state index contributed by atoms with van der Waals surface area (Å²) in [6.45, 7) is 0. The molecule has 0 aliphatic heterocycles. The average Bonchev–Trinajstić information content (AvgIpc) is 3.90. The fourth-order valence-corrected chi connectivity index (χ4v) is 11.0. The fraction of sp³-hybridized carbons (Fsp3) is 0.0159.